The number of aryl methyl sites for hydroxylation is 1. The zero-order chi connectivity index (χ0) is 12.0. The molecule has 1 aromatic rings. The number of carbonyl (C=O) groups is 2. The number of hydrogen-bond acceptors (Lipinski definition) is 2. The molecule has 0 atom stereocenters. The van der Waals surface area contributed by atoms with E-state index in [-0.39, 0.29) is 18.1 Å². The van der Waals surface area contributed by atoms with Gasteiger partial charge in [0.2, 0.25) is 5.91 Å². The van der Waals surface area contributed by atoms with Crippen LogP contribution in [0.4, 0.5) is 0 Å². The summed E-state index contributed by atoms with van der Waals surface area (Å²) in [6.07, 6.45) is 0.598. The molecule has 1 rings (SSSR count). The lowest BCUT2D eigenvalue weighted by molar-refractivity contribution is -0.124. The van der Waals surface area contributed by atoms with Gasteiger partial charge in [-0.2, -0.15) is 0 Å². The van der Waals surface area contributed by atoms with Gasteiger partial charge in [-0.1, -0.05) is 24.3 Å². The first-order valence-corrected chi connectivity index (χ1v) is 5.40. The second kappa shape index (κ2) is 6.05. The molecule has 0 saturated carbocycles. The van der Waals surface area contributed by atoms with Crippen molar-refractivity contribution in [3.63, 3.8) is 0 Å². The fourth-order valence-corrected chi connectivity index (χ4v) is 1.38. The molecule has 0 aliphatic heterocycles. The minimum Gasteiger partial charge on any atom is -0.352 e. The van der Waals surface area contributed by atoms with Crippen LogP contribution in [-0.4, -0.2) is 11.7 Å². The zero-order valence-corrected chi connectivity index (χ0v) is 9.75. The molecule has 16 heavy (non-hydrogen) atoms. The molecule has 0 bridgehead atoms. The summed E-state index contributed by atoms with van der Waals surface area (Å²) in [4.78, 5) is 22.1. The maximum absolute atomic E-state index is 11.4. The number of rotatable bonds is 5. The van der Waals surface area contributed by atoms with Crippen molar-refractivity contribution in [1.82, 2.24) is 5.32 Å². The van der Waals surface area contributed by atoms with E-state index in [0.29, 0.717) is 13.0 Å². The van der Waals surface area contributed by atoms with E-state index in [4.69, 9.17) is 0 Å². The standard InChI is InChI=1S/C13H17NO2/c1-10-5-3-4-6-12(10)9-14-13(16)8-7-11(2)15/h3-6H,7-9H2,1-2H3,(H,14,16). The van der Waals surface area contributed by atoms with Gasteiger partial charge in [0, 0.05) is 19.4 Å². The van der Waals surface area contributed by atoms with E-state index in [1.54, 1.807) is 0 Å². The molecule has 0 spiro atoms. The van der Waals surface area contributed by atoms with Gasteiger partial charge in [-0.3, -0.25) is 4.79 Å². The maximum atomic E-state index is 11.4. The van der Waals surface area contributed by atoms with Crippen molar-refractivity contribution in [3.8, 4) is 0 Å². The Morgan fingerprint density at radius 3 is 2.50 bits per heavy atom. The minimum atomic E-state index is -0.0709. The summed E-state index contributed by atoms with van der Waals surface area (Å²) in [6.45, 7) is 4.04. The number of ketones is 1. The molecule has 0 saturated heterocycles. The van der Waals surface area contributed by atoms with Gasteiger partial charge in [-0.15, -0.1) is 0 Å². The Kier molecular flexibility index (Phi) is 4.70. The molecule has 0 fully saturated rings. The fourth-order valence-electron chi connectivity index (χ4n) is 1.38. The second-order valence-electron chi connectivity index (χ2n) is 3.91. The van der Waals surface area contributed by atoms with Gasteiger partial charge in [0.05, 0.1) is 0 Å². The molecule has 3 nitrogen and oxygen atoms in total. The van der Waals surface area contributed by atoms with Crippen LogP contribution in [0.3, 0.4) is 0 Å². The first kappa shape index (κ1) is 12.4. The van der Waals surface area contributed by atoms with Crippen molar-refractivity contribution in [3.05, 3.63) is 35.4 Å². The van der Waals surface area contributed by atoms with Crippen molar-refractivity contribution in [2.45, 2.75) is 33.2 Å². The second-order valence-corrected chi connectivity index (χ2v) is 3.91. The smallest absolute Gasteiger partial charge is 0.220 e. The summed E-state index contributed by atoms with van der Waals surface area (Å²) < 4.78 is 0. The summed E-state index contributed by atoms with van der Waals surface area (Å²) in [5.41, 5.74) is 2.27. The lowest BCUT2D eigenvalue weighted by atomic mass is 10.1. The van der Waals surface area contributed by atoms with E-state index < -0.39 is 0 Å². The molecule has 0 aliphatic carbocycles. The van der Waals surface area contributed by atoms with Gasteiger partial charge in [0.15, 0.2) is 0 Å². The summed E-state index contributed by atoms with van der Waals surface area (Å²) in [7, 11) is 0. The van der Waals surface area contributed by atoms with Crippen LogP contribution in [-0.2, 0) is 16.1 Å². The third kappa shape index (κ3) is 4.26. The van der Waals surface area contributed by atoms with Crippen LogP contribution in [0, 0.1) is 6.92 Å². The first-order chi connectivity index (χ1) is 7.59. The zero-order valence-electron chi connectivity index (χ0n) is 9.75. The topological polar surface area (TPSA) is 46.2 Å². The predicted molar refractivity (Wildman–Crippen MR) is 62.9 cm³/mol. The highest BCUT2D eigenvalue weighted by Crippen LogP contribution is 2.06. The fraction of sp³-hybridized carbons (Fsp3) is 0.385. The van der Waals surface area contributed by atoms with Gasteiger partial charge in [-0.05, 0) is 25.0 Å². The van der Waals surface area contributed by atoms with Crippen molar-refractivity contribution >= 4 is 11.7 Å². The molecule has 0 radical (unpaired) electrons. The Bertz CT molecular complexity index is 385. The van der Waals surface area contributed by atoms with Gasteiger partial charge in [0.1, 0.15) is 5.78 Å². The van der Waals surface area contributed by atoms with Crippen molar-refractivity contribution in [2.75, 3.05) is 0 Å². The van der Waals surface area contributed by atoms with Crippen LogP contribution in [0.5, 0.6) is 0 Å². The average molecular weight is 219 g/mol. The van der Waals surface area contributed by atoms with E-state index >= 15 is 0 Å². The maximum Gasteiger partial charge on any atom is 0.220 e. The van der Waals surface area contributed by atoms with E-state index in [1.165, 1.54) is 6.92 Å². The third-order valence-electron chi connectivity index (χ3n) is 2.44. The highest BCUT2D eigenvalue weighted by atomic mass is 16.2. The van der Waals surface area contributed by atoms with Crippen LogP contribution in [0.1, 0.15) is 30.9 Å². The molecule has 1 aromatic carbocycles. The van der Waals surface area contributed by atoms with Crippen LogP contribution < -0.4 is 5.32 Å². The molecule has 0 unspecified atom stereocenters. The summed E-state index contributed by atoms with van der Waals surface area (Å²) in [5.74, 6) is -0.0236. The highest BCUT2D eigenvalue weighted by molar-refractivity contribution is 5.83. The average Bonchev–Trinajstić information content (AvgIpc) is 2.25. The number of benzene rings is 1. The van der Waals surface area contributed by atoms with Crippen molar-refractivity contribution < 1.29 is 9.59 Å². The number of hydrogen-bond donors (Lipinski definition) is 1. The molecule has 86 valence electrons. The summed E-state index contributed by atoms with van der Waals surface area (Å²) in [6, 6.07) is 7.91. The Morgan fingerprint density at radius 1 is 1.19 bits per heavy atom. The van der Waals surface area contributed by atoms with E-state index in [9.17, 15) is 9.59 Å². The number of amides is 1. The Labute approximate surface area is 95.9 Å². The lowest BCUT2D eigenvalue weighted by Crippen LogP contribution is -2.23. The Hall–Kier alpha value is -1.64. The SMILES string of the molecule is CC(=O)CCC(=O)NCc1ccccc1C. The molecule has 0 heterocycles. The van der Waals surface area contributed by atoms with Crippen LogP contribution in [0.25, 0.3) is 0 Å². The molecular weight excluding hydrogens is 202 g/mol. The van der Waals surface area contributed by atoms with Gasteiger partial charge >= 0.3 is 0 Å². The number of nitrogens with one attached hydrogen (secondary N) is 1. The minimum absolute atomic E-state index is 0.0473. The number of carbonyl (C=O) groups excluding carboxylic acids is 2. The predicted octanol–water partition coefficient (Wildman–Crippen LogP) is 1.98. The Morgan fingerprint density at radius 2 is 1.88 bits per heavy atom. The van der Waals surface area contributed by atoms with E-state index in [2.05, 4.69) is 5.32 Å². The summed E-state index contributed by atoms with van der Waals surface area (Å²) >= 11 is 0. The van der Waals surface area contributed by atoms with Gasteiger partial charge < -0.3 is 10.1 Å². The highest BCUT2D eigenvalue weighted by Gasteiger charge is 2.04. The van der Waals surface area contributed by atoms with Crippen LogP contribution in [0.2, 0.25) is 0 Å². The van der Waals surface area contributed by atoms with Crippen molar-refractivity contribution in [1.29, 1.82) is 0 Å². The van der Waals surface area contributed by atoms with E-state index in [1.807, 2.05) is 31.2 Å². The molecule has 3 heteroatoms. The third-order valence-corrected chi connectivity index (χ3v) is 2.44. The van der Waals surface area contributed by atoms with Crippen LogP contribution >= 0.6 is 0 Å². The van der Waals surface area contributed by atoms with Crippen LogP contribution in [0.15, 0.2) is 24.3 Å². The molecule has 1 N–H and O–H groups in total. The molecular formula is C13H17NO2. The Balaban J connectivity index is 2.37. The quantitative estimate of drug-likeness (QED) is 0.823. The van der Waals surface area contributed by atoms with Crippen molar-refractivity contribution in [2.24, 2.45) is 0 Å². The largest absolute Gasteiger partial charge is 0.352 e. The van der Waals surface area contributed by atoms with Gasteiger partial charge in [-0.25, -0.2) is 0 Å². The molecule has 0 aromatic heterocycles. The lowest BCUT2D eigenvalue weighted by Gasteiger charge is -2.07. The monoisotopic (exact) mass is 219 g/mol. The van der Waals surface area contributed by atoms with Gasteiger partial charge in [0.25, 0.3) is 0 Å². The number of Topliss-reactive ketones (excluding diaryl/α,β-unsaturated/α-hetero) is 1. The summed E-state index contributed by atoms with van der Waals surface area (Å²) in [5, 5.41) is 2.80. The van der Waals surface area contributed by atoms with E-state index in [0.717, 1.165) is 11.1 Å². The first-order valence-electron chi connectivity index (χ1n) is 5.40. The molecule has 1 amide bonds. The molecule has 0 aliphatic rings. The normalized spacial score (nSPS) is 9.88.